The molecule has 2 aliphatic rings. The molecule has 0 bridgehead atoms. The molecule has 0 aromatic heterocycles. The minimum Gasteiger partial charge on any atom is -0.493 e. The van der Waals surface area contributed by atoms with Crippen LogP contribution in [0.2, 0.25) is 0 Å². The van der Waals surface area contributed by atoms with E-state index in [2.05, 4.69) is 23.2 Å². The number of aliphatic imine (C=N–C) groups is 1. The lowest BCUT2D eigenvalue weighted by Gasteiger charge is -2.14. The molecule has 0 spiro atoms. The van der Waals surface area contributed by atoms with Crippen molar-refractivity contribution in [3.8, 4) is 5.75 Å². The SMILES string of the molecule is C1=Nc2ccc(OCC3CCCC3)cc2CC1. The van der Waals surface area contributed by atoms with Crippen LogP contribution in [0.15, 0.2) is 23.2 Å². The van der Waals surface area contributed by atoms with Crippen LogP contribution in [-0.2, 0) is 6.42 Å². The molecule has 0 atom stereocenters. The topological polar surface area (TPSA) is 21.6 Å². The van der Waals surface area contributed by atoms with Crippen LogP contribution in [0, 0.1) is 5.92 Å². The molecule has 1 aliphatic carbocycles. The first-order valence-corrected chi connectivity index (χ1v) is 6.70. The molecule has 2 nitrogen and oxygen atoms in total. The Morgan fingerprint density at radius 3 is 3.00 bits per heavy atom. The Hall–Kier alpha value is -1.31. The molecule has 1 saturated carbocycles. The maximum atomic E-state index is 5.90. The molecule has 0 N–H and O–H groups in total. The third-order valence-electron chi connectivity index (χ3n) is 3.78. The van der Waals surface area contributed by atoms with E-state index in [1.807, 2.05) is 6.21 Å². The fourth-order valence-corrected chi connectivity index (χ4v) is 2.75. The molecule has 0 amide bonds. The van der Waals surface area contributed by atoms with Crippen molar-refractivity contribution in [2.45, 2.75) is 38.5 Å². The summed E-state index contributed by atoms with van der Waals surface area (Å²) < 4.78 is 5.90. The van der Waals surface area contributed by atoms with Gasteiger partial charge >= 0.3 is 0 Å². The normalized spacial score (nSPS) is 19.3. The van der Waals surface area contributed by atoms with Gasteiger partial charge in [0, 0.05) is 6.21 Å². The van der Waals surface area contributed by atoms with E-state index in [9.17, 15) is 0 Å². The zero-order chi connectivity index (χ0) is 11.5. The summed E-state index contributed by atoms with van der Waals surface area (Å²) in [5.41, 5.74) is 2.45. The number of hydrogen-bond acceptors (Lipinski definition) is 2. The van der Waals surface area contributed by atoms with Gasteiger partial charge in [-0.3, -0.25) is 4.99 Å². The molecular formula is C15H19NO. The number of rotatable bonds is 3. The summed E-state index contributed by atoms with van der Waals surface area (Å²) in [6, 6.07) is 6.30. The molecule has 1 aromatic rings. The van der Waals surface area contributed by atoms with Gasteiger partial charge in [0.1, 0.15) is 5.75 Å². The predicted octanol–water partition coefficient (Wildman–Crippen LogP) is 3.90. The molecule has 17 heavy (non-hydrogen) atoms. The van der Waals surface area contributed by atoms with Gasteiger partial charge in [0.25, 0.3) is 0 Å². The Labute approximate surface area is 103 Å². The highest BCUT2D eigenvalue weighted by Gasteiger charge is 2.15. The lowest BCUT2D eigenvalue weighted by Crippen LogP contribution is -2.08. The molecule has 1 aliphatic heterocycles. The van der Waals surface area contributed by atoms with Crippen molar-refractivity contribution in [2.24, 2.45) is 10.9 Å². The standard InChI is InChI=1S/C15H19NO/c1-2-5-12(4-1)11-17-14-7-8-15-13(10-14)6-3-9-16-15/h7-10,12H,1-6,11H2. The summed E-state index contributed by atoms with van der Waals surface area (Å²) in [6.45, 7) is 0.891. The molecule has 90 valence electrons. The van der Waals surface area contributed by atoms with Gasteiger partial charge in [-0.05, 0) is 55.4 Å². The molecule has 1 aromatic carbocycles. The first kappa shape index (κ1) is 10.8. The summed E-state index contributed by atoms with van der Waals surface area (Å²) in [7, 11) is 0. The first-order valence-electron chi connectivity index (χ1n) is 6.70. The van der Waals surface area contributed by atoms with Crippen molar-refractivity contribution in [1.29, 1.82) is 0 Å². The molecule has 1 heterocycles. The third kappa shape index (κ3) is 2.51. The number of aryl methyl sites for hydroxylation is 1. The lowest BCUT2D eigenvalue weighted by molar-refractivity contribution is 0.252. The fourth-order valence-electron chi connectivity index (χ4n) is 2.75. The molecular weight excluding hydrogens is 210 g/mol. The van der Waals surface area contributed by atoms with Crippen LogP contribution in [0.5, 0.6) is 5.75 Å². The highest BCUT2D eigenvalue weighted by Crippen LogP contribution is 2.29. The highest BCUT2D eigenvalue weighted by molar-refractivity contribution is 5.69. The Balaban J connectivity index is 1.65. The van der Waals surface area contributed by atoms with E-state index >= 15 is 0 Å². The van der Waals surface area contributed by atoms with Crippen LogP contribution in [-0.4, -0.2) is 12.8 Å². The zero-order valence-corrected chi connectivity index (χ0v) is 10.2. The summed E-state index contributed by atoms with van der Waals surface area (Å²) in [4.78, 5) is 4.39. The van der Waals surface area contributed by atoms with Gasteiger partial charge in [0.2, 0.25) is 0 Å². The molecule has 1 fully saturated rings. The van der Waals surface area contributed by atoms with Crippen LogP contribution in [0.25, 0.3) is 0 Å². The molecule has 0 radical (unpaired) electrons. The fraction of sp³-hybridized carbons (Fsp3) is 0.533. The second kappa shape index (κ2) is 4.91. The van der Waals surface area contributed by atoms with Crippen LogP contribution in [0.3, 0.4) is 0 Å². The molecule has 0 saturated heterocycles. The van der Waals surface area contributed by atoms with Gasteiger partial charge in [-0.2, -0.15) is 0 Å². The van der Waals surface area contributed by atoms with Crippen molar-refractivity contribution in [1.82, 2.24) is 0 Å². The van der Waals surface area contributed by atoms with E-state index in [4.69, 9.17) is 4.74 Å². The molecule has 3 rings (SSSR count). The number of ether oxygens (including phenoxy) is 1. The van der Waals surface area contributed by atoms with Crippen LogP contribution >= 0.6 is 0 Å². The number of fused-ring (bicyclic) bond motifs is 1. The molecule has 2 heteroatoms. The van der Waals surface area contributed by atoms with E-state index in [-0.39, 0.29) is 0 Å². The smallest absolute Gasteiger partial charge is 0.119 e. The lowest BCUT2D eigenvalue weighted by atomic mass is 10.1. The van der Waals surface area contributed by atoms with Crippen molar-refractivity contribution in [3.63, 3.8) is 0 Å². The minimum absolute atomic E-state index is 0.782. The molecule has 0 unspecified atom stereocenters. The van der Waals surface area contributed by atoms with E-state index in [1.54, 1.807) is 0 Å². The first-order chi connectivity index (χ1) is 8.42. The number of hydrogen-bond donors (Lipinski definition) is 0. The van der Waals surface area contributed by atoms with Gasteiger partial charge in [0.05, 0.1) is 12.3 Å². The second-order valence-electron chi connectivity index (χ2n) is 5.10. The number of nitrogens with zero attached hydrogens (tertiary/aromatic N) is 1. The maximum Gasteiger partial charge on any atom is 0.119 e. The van der Waals surface area contributed by atoms with E-state index < -0.39 is 0 Å². The minimum atomic E-state index is 0.782. The Kier molecular flexibility index (Phi) is 3.12. The van der Waals surface area contributed by atoms with Gasteiger partial charge in [-0.25, -0.2) is 0 Å². The predicted molar refractivity (Wildman–Crippen MR) is 70.4 cm³/mol. The quantitative estimate of drug-likeness (QED) is 0.770. The van der Waals surface area contributed by atoms with Crippen LogP contribution < -0.4 is 4.74 Å². The van der Waals surface area contributed by atoms with E-state index in [1.165, 1.54) is 31.2 Å². The Morgan fingerprint density at radius 1 is 1.24 bits per heavy atom. The van der Waals surface area contributed by atoms with Gasteiger partial charge in [-0.1, -0.05) is 12.8 Å². The Bertz CT molecular complexity index is 419. The second-order valence-corrected chi connectivity index (χ2v) is 5.10. The summed E-state index contributed by atoms with van der Waals surface area (Å²) in [6.07, 6.45) is 9.60. The van der Waals surface area contributed by atoms with Crippen LogP contribution in [0.1, 0.15) is 37.7 Å². The average molecular weight is 229 g/mol. The Morgan fingerprint density at radius 2 is 2.12 bits per heavy atom. The van der Waals surface area contributed by atoms with Crippen molar-refractivity contribution in [2.75, 3.05) is 6.61 Å². The highest BCUT2D eigenvalue weighted by atomic mass is 16.5. The summed E-state index contributed by atoms with van der Waals surface area (Å²) >= 11 is 0. The van der Waals surface area contributed by atoms with Crippen molar-refractivity contribution >= 4 is 11.9 Å². The average Bonchev–Trinajstić information content (AvgIpc) is 2.89. The van der Waals surface area contributed by atoms with E-state index in [0.29, 0.717) is 0 Å². The maximum absolute atomic E-state index is 5.90. The van der Waals surface area contributed by atoms with Gasteiger partial charge in [-0.15, -0.1) is 0 Å². The summed E-state index contributed by atoms with van der Waals surface area (Å²) in [5, 5.41) is 0. The largest absolute Gasteiger partial charge is 0.493 e. The van der Waals surface area contributed by atoms with E-state index in [0.717, 1.165) is 36.8 Å². The third-order valence-corrected chi connectivity index (χ3v) is 3.78. The number of benzene rings is 1. The van der Waals surface area contributed by atoms with Crippen molar-refractivity contribution < 1.29 is 4.74 Å². The summed E-state index contributed by atoms with van der Waals surface area (Å²) in [5.74, 6) is 1.80. The van der Waals surface area contributed by atoms with Crippen LogP contribution in [0.4, 0.5) is 5.69 Å². The van der Waals surface area contributed by atoms with Crippen molar-refractivity contribution in [3.05, 3.63) is 23.8 Å². The van der Waals surface area contributed by atoms with Gasteiger partial charge in [0.15, 0.2) is 0 Å². The zero-order valence-electron chi connectivity index (χ0n) is 10.2. The monoisotopic (exact) mass is 229 g/mol. The van der Waals surface area contributed by atoms with Gasteiger partial charge < -0.3 is 4.74 Å².